The number of H-pyrrole nitrogens is 1. The molecule has 1 unspecified atom stereocenters. The lowest BCUT2D eigenvalue weighted by molar-refractivity contribution is -0.131. The highest BCUT2D eigenvalue weighted by Gasteiger charge is 2.54. The van der Waals surface area contributed by atoms with E-state index < -0.39 is 5.41 Å². The molecule has 0 bridgehead atoms. The zero-order valence-electron chi connectivity index (χ0n) is 23.8. The highest BCUT2D eigenvalue weighted by Crippen LogP contribution is 2.48. The summed E-state index contributed by atoms with van der Waals surface area (Å²) in [5.41, 5.74) is 3.29. The first kappa shape index (κ1) is 27.6. The van der Waals surface area contributed by atoms with Crippen molar-refractivity contribution in [2.24, 2.45) is 5.92 Å². The van der Waals surface area contributed by atoms with E-state index in [0.717, 1.165) is 35.1 Å². The van der Waals surface area contributed by atoms with Gasteiger partial charge in [0.1, 0.15) is 11.9 Å². The third kappa shape index (κ3) is 4.86. The number of halogens is 1. The van der Waals surface area contributed by atoms with Crippen molar-refractivity contribution in [1.29, 1.82) is 5.26 Å². The van der Waals surface area contributed by atoms with E-state index in [1.807, 2.05) is 18.2 Å². The maximum Gasteiger partial charge on any atom is 0.254 e. The predicted octanol–water partition coefficient (Wildman–Crippen LogP) is 1.74. The molecule has 3 fully saturated rings. The van der Waals surface area contributed by atoms with Crippen molar-refractivity contribution in [3.8, 4) is 6.07 Å². The van der Waals surface area contributed by atoms with Crippen molar-refractivity contribution in [2.75, 3.05) is 39.4 Å². The average Bonchev–Trinajstić information content (AvgIpc) is 3.42. The zero-order chi connectivity index (χ0) is 29.6. The first-order valence-electron chi connectivity index (χ1n) is 14.9. The summed E-state index contributed by atoms with van der Waals surface area (Å²) in [6.45, 7) is 2.66. The third-order valence-corrected chi connectivity index (χ3v) is 9.52. The summed E-state index contributed by atoms with van der Waals surface area (Å²) in [6, 6.07) is 12.7. The van der Waals surface area contributed by atoms with Crippen LogP contribution in [0.15, 0.2) is 36.4 Å². The summed E-state index contributed by atoms with van der Waals surface area (Å²) >= 11 is 0. The number of carbonyl (C=O) groups excluding carboxylic acids is 2. The molecule has 2 aliphatic carbocycles. The Morgan fingerprint density at radius 3 is 2.63 bits per heavy atom. The van der Waals surface area contributed by atoms with Gasteiger partial charge in [-0.3, -0.25) is 9.59 Å². The second kappa shape index (κ2) is 11.1. The zero-order valence-corrected chi connectivity index (χ0v) is 23.8. The SMILES string of the molecule is N#C[C@@H]1C[C@@H]2C[C@@H]2N1C(=O)CNCCC1(c2nn[nH]n2)c2ccc(F)cc2CCc2cc(C(=O)N3CCOCC3)ccc21. The van der Waals surface area contributed by atoms with Gasteiger partial charge in [0.05, 0.1) is 31.2 Å². The van der Waals surface area contributed by atoms with Gasteiger partial charge in [0.25, 0.3) is 5.91 Å². The molecule has 2 aliphatic heterocycles. The van der Waals surface area contributed by atoms with Crippen LogP contribution in [0.5, 0.6) is 0 Å². The minimum Gasteiger partial charge on any atom is -0.378 e. The van der Waals surface area contributed by atoms with Crippen molar-refractivity contribution in [2.45, 2.75) is 49.6 Å². The van der Waals surface area contributed by atoms with Crippen LogP contribution in [-0.2, 0) is 27.8 Å². The number of rotatable bonds is 7. The Labute approximate surface area is 248 Å². The van der Waals surface area contributed by atoms with Gasteiger partial charge in [-0.1, -0.05) is 17.3 Å². The highest BCUT2D eigenvalue weighted by molar-refractivity contribution is 5.94. The smallest absolute Gasteiger partial charge is 0.254 e. The number of aromatic amines is 1. The minimum absolute atomic E-state index is 0.0419. The molecule has 2 saturated heterocycles. The van der Waals surface area contributed by atoms with Gasteiger partial charge in [0.2, 0.25) is 5.91 Å². The number of amides is 2. The summed E-state index contributed by atoms with van der Waals surface area (Å²) in [7, 11) is 0. The van der Waals surface area contributed by atoms with Gasteiger partial charge in [0.15, 0.2) is 5.82 Å². The molecule has 1 aromatic heterocycles. The number of benzene rings is 2. The van der Waals surface area contributed by atoms with E-state index >= 15 is 0 Å². The van der Waals surface area contributed by atoms with Crippen LogP contribution in [0.3, 0.4) is 0 Å². The fraction of sp³-hybridized carbons (Fsp3) is 0.484. The van der Waals surface area contributed by atoms with Gasteiger partial charge in [-0.25, -0.2) is 4.39 Å². The predicted molar refractivity (Wildman–Crippen MR) is 151 cm³/mol. The van der Waals surface area contributed by atoms with E-state index in [2.05, 4.69) is 32.0 Å². The lowest BCUT2D eigenvalue weighted by Gasteiger charge is -2.34. The molecule has 43 heavy (non-hydrogen) atoms. The summed E-state index contributed by atoms with van der Waals surface area (Å²) in [5.74, 6) is 0.456. The summed E-state index contributed by atoms with van der Waals surface area (Å²) < 4.78 is 20.0. The Kier molecular flexibility index (Phi) is 7.15. The number of hydrogen-bond donors (Lipinski definition) is 2. The van der Waals surface area contributed by atoms with Crippen LogP contribution in [0.2, 0.25) is 0 Å². The van der Waals surface area contributed by atoms with E-state index in [1.54, 1.807) is 21.9 Å². The van der Waals surface area contributed by atoms with Crippen LogP contribution in [-0.4, -0.2) is 93.7 Å². The van der Waals surface area contributed by atoms with Crippen LogP contribution in [0.1, 0.15) is 57.7 Å². The fourth-order valence-corrected chi connectivity index (χ4v) is 7.36. The van der Waals surface area contributed by atoms with Crippen molar-refractivity contribution in [1.82, 2.24) is 35.7 Å². The number of aryl methyl sites for hydroxylation is 2. The van der Waals surface area contributed by atoms with E-state index in [1.165, 1.54) is 6.07 Å². The van der Waals surface area contributed by atoms with Gasteiger partial charge in [-0.2, -0.15) is 10.5 Å². The standard InChI is InChI=1S/C31H33FN8O3/c32-23-4-6-26-20(14-23)2-1-19-13-21(29(42)39-9-11-43-12-10-39)3-5-25(19)31(26,30-35-37-38-36-30)7-8-34-18-28(41)40-24(17-33)15-22-16-27(22)40/h3-6,13-14,22,24,27,34H,1-2,7-12,15-16,18H2,(H,35,36,37,38)/t22-,24+,27+,31?/m1/s1. The normalized spacial score (nSPS) is 25.7. The molecule has 3 aromatic rings. The number of nitrogens with zero attached hydrogens (tertiary/aromatic N) is 6. The van der Waals surface area contributed by atoms with E-state index in [-0.39, 0.29) is 36.3 Å². The summed E-state index contributed by atoms with van der Waals surface area (Å²) in [4.78, 5) is 30.1. The molecule has 3 heterocycles. The molecule has 7 rings (SSSR count). The number of nitrogens with one attached hydrogen (secondary N) is 2. The Bertz CT molecular complexity index is 1580. The quantitative estimate of drug-likeness (QED) is 0.401. The molecule has 4 atom stereocenters. The number of piperidine rings is 1. The average molecular weight is 585 g/mol. The van der Waals surface area contributed by atoms with Crippen LogP contribution in [0, 0.1) is 23.1 Å². The van der Waals surface area contributed by atoms with Crippen molar-refractivity contribution in [3.05, 3.63) is 75.9 Å². The molecule has 4 aliphatic rings. The summed E-state index contributed by atoms with van der Waals surface area (Å²) in [6.07, 6.45) is 3.37. The van der Waals surface area contributed by atoms with Crippen LogP contribution < -0.4 is 5.32 Å². The molecular formula is C31H33FN8O3. The van der Waals surface area contributed by atoms with Crippen molar-refractivity contribution >= 4 is 11.8 Å². The van der Waals surface area contributed by atoms with E-state index in [0.29, 0.717) is 69.4 Å². The van der Waals surface area contributed by atoms with Crippen LogP contribution >= 0.6 is 0 Å². The molecule has 1 saturated carbocycles. The van der Waals surface area contributed by atoms with Crippen molar-refractivity contribution in [3.63, 3.8) is 0 Å². The minimum atomic E-state index is -0.914. The Morgan fingerprint density at radius 1 is 1.12 bits per heavy atom. The maximum absolute atomic E-state index is 14.6. The van der Waals surface area contributed by atoms with Gasteiger partial charge >= 0.3 is 0 Å². The first-order chi connectivity index (χ1) is 21.0. The topological polar surface area (TPSA) is 140 Å². The van der Waals surface area contributed by atoms with Gasteiger partial charge < -0.3 is 19.9 Å². The lowest BCUT2D eigenvalue weighted by atomic mass is 9.69. The monoisotopic (exact) mass is 584 g/mol. The number of ether oxygens (including phenoxy) is 1. The molecule has 11 nitrogen and oxygen atoms in total. The highest BCUT2D eigenvalue weighted by atomic mass is 19.1. The second-order valence-corrected chi connectivity index (χ2v) is 11.9. The van der Waals surface area contributed by atoms with Crippen LogP contribution in [0.25, 0.3) is 0 Å². The maximum atomic E-state index is 14.6. The number of carbonyl (C=O) groups is 2. The molecule has 0 radical (unpaired) electrons. The lowest BCUT2D eigenvalue weighted by Crippen LogP contribution is -2.44. The van der Waals surface area contributed by atoms with Gasteiger partial charge in [-0.05, 0) is 91.1 Å². The Morgan fingerprint density at radius 2 is 1.88 bits per heavy atom. The second-order valence-electron chi connectivity index (χ2n) is 11.9. The molecule has 222 valence electrons. The third-order valence-electron chi connectivity index (χ3n) is 9.52. The first-order valence-corrected chi connectivity index (χ1v) is 14.9. The number of nitriles is 1. The summed E-state index contributed by atoms with van der Waals surface area (Å²) in [5, 5.41) is 28.2. The van der Waals surface area contributed by atoms with E-state index in [9.17, 15) is 19.2 Å². The fourth-order valence-electron chi connectivity index (χ4n) is 7.36. The van der Waals surface area contributed by atoms with Crippen molar-refractivity contribution < 1.29 is 18.7 Å². The molecular weight excluding hydrogens is 551 g/mol. The number of fused-ring (bicyclic) bond motifs is 3. The number of morpholine rings is 1. The number of aromatic nitrogens is 4. The molecule has 2 amide bonds. The molecule has 12 heteroatoms. The van der Waals surface area contributed by atoms with Crippen LogP contribution in [0.4, 0.5) is 4.39 Å². The van der Waals surface area contributed by atoms with Gasteiger partial charge in [0, 0.05) is 24.7 Å². The largest absolute Gasteiger partial charge is 0.378 e. The number of tetrazole rings is 1. The molecule has 0 spiro atoms. The molecule has 2 N–H and O–H groups in total. The Hall–Kier alpha value is -4.21. The van der Waals surface area contributed by atoms with Gasteiger partial charge in [-0.15, -0.1) is 10.2 Å². The molecule has 2 aromatic carbocycles. The van der Waals surface area contributed by atoms with E-state index in [4.69, 9.17) is 4.74 Å². The number of likely N-dealkylation sites (tertiary alicyclic amines) is 1. The Balaban J connectivity index is 1.22. The number of hydrogen-bond acceptors (Lipinski definition) is 8.